The van der Waals surface area contributed by atoms with Crippen molar-refractivity contribution in [3.63, 3.8) is 0 Å². The number of aromatic nitrogens is 2. The van der Waals surface area contributed by atoms with Gasteiger partial charge in [-0.15, -0.1) is 11.3 Å². The fraction of sp³-hybridized carbons (Fsp3) is 0.433. The number of alkyl halides is 3. The quantitative estimate of drug-likeness (QED) is 0.230. The number of benzene rings is 2. The molecule has 3 heterocycles. The van der Waals surface area contributed by atoms with Crippen LogP contribution in [-0.2, 0) is 6.18 Å². The first-order valence-corrected chi connectivity index (χ1v) is 14.9. The molecular formula is C30H29F5N6O2S. The minimum absolute atomic E-state index is 0.0128. The Bertz CT molecular complexity index is 1820. The molecule has 44 heavy (non-hydrogen) atoms. The van der Waals surface area contributed by atoms with Gasteiger partial charge in [0.25, 0.3) is 0 Å². The Morgan fingerprint density at radius 2 is 2.02 bits per heavy atom. The standard InChI is InChI=1S/C30H29F5N6O2S/c1-3-41(8-9-42)27-17-10-19(30(33,34)35)22(16-4-5-20(31)25-21(16)18(12-36)26(37)44-25)23(32)24(17)38-28(39-27)43-13-15-11-29(6-7-29)14-40(15)2/h4-5,10,15,42H,3,6-9,11,13-14,37H2,1-2H3. The van der Waals surface area contributed by atoms with Crippen molar-refractivity contribution in [1.29, 1.82) is 5.26 Å². The van der Waals surface area contributed by atoms with Crippen LogP contribution in [0.15, 0.2) is 18.2 Å². The third kappa shape index (κ3) is 5.06. The molecule has 2 aromatic heterocycles. The van der Waals surface area contributed by atoms with Gasteiger partial charge in [0, 0.05) is 42.0 Å². The number of rotatable bonds is 8. The minimum atomic E-state index is -5.06. The van der Waals surface area contributed by atoms with Gasteiger partial charge in [-0.05, 0) is 56.3 Å². The number of hydrogen-bond acceptors (Lipinski definition) is 9. The van der Waals surface area contributed by atoms with Crippen molar-refractivity contribution in [2.24, 2.45) is 5.41 Å². The van der Waals surface area contributed by atoms with E-state index in [2.05, 4.69) is 14.9 Å². The van der Waals surface area contributed by atoms with Gasteiger partial charge in [-0.25, -0.2) is 8.78 Å². The van der Waals surface area contributed by atoms with Crippen LogP contribution in [0.5, 0.6) is 6.01 Å². The van der Waals surface area contributed by atoms with Gasteiger partial charge < -0.3 is 20.5 Å². The molecule has 2 fully saturated rings. The molecule has 14 heteroatoms. The lowest BCUT2D eigenvalue weighted by Crippen LogP contribution is -2.31. The third-order valence-electron chi connectivity index (χ3n) is 8.68. The smallest absolute Gasteiger partial charge is 0.417 e. The Labute approximate surface area is 253 Å². The number of likely N-dealkylation sites (tertiary alicyclic amines) is 1. The molecule has 0 amide bonds. The SMILES string of the molecule is CCN(CCO)c1nc(OCC2CC3(CC3)CN2C)nc2c(F)c(-c3ccc(F)c4sc(N)c(C#N)c34)c(C(F)(F)F)cc12. The van der Waals surface area contributed by atoms with Gasteiger partial charge in [0.2, 0.25) is 0 Å². The lowest BCUT2D eigenvalue weighted by atomic mass is 9.92. The highest BCUT2D eigenvalue weighted by Crippen LogP contribution is 2.54. The second kappa shape index (κ2) is 11.0. The summed E-state index contributed by atoms with van der Waals surface area (Å²) >= 11 is 0.698. The number of nitriles is 1. The largest absolute Gasteiger partial charge is 0.462 e. The summed E-state index contributed by atoms with van der Waals surface area (Å²) in [5.74, 6) is -2.16. The molecule has 1 unspecified atom stereocenters. The van der Waals surface area contributed by atoms with Crippen LogP contribution in [0, 0.1) is 28.4 Å². The summed E-state index contributed by atoms with van der Waals surface area (Å²) in [4.78, 5) is 12.4. The molecule has 0 radical (unpaired) electrons. The van der Waals surface area contributed by atoms with Crippen LogP contribution in [0.1, 0.15) is 37.3 Å². The van der Waals surface area contributed by atoms with Crippen LogP contribution in [0.2, 0.25) is 0 Å². The van der Waals surface area contributed by atoms with Crippen LogP contribution in [0.25, 0.3) is 32.1 Å². The van der Waals surface area contributed by atoms with E-state index in [4.69, 9.17) is 10.5 Å². The van der Waals surface area contributed by atoms with Gasteiger partial charge in [0.15, 0.2) is 5.82 Å². The first-order chi connectivity index (χ1) is 20.9. The van der Waals surface area contributed by atoms with E-state index in [-0.39, 0.29) is 75.8 Å². The number of anilines is 2. The van der Waals surface area contributed by atoms with Crippen LogP contribution >= 0.6 is 11.3 Å². The minimum Gasteiger partial charge on any atom is -0.462 e. The fourth-order valence-electron chi connectivity index (χ4n) is 6.30. The van der Waals surface area contributed by atoms with E-state index in [0.717, 1.165) is 44.0 Å². The molecule has 1 spiro atoms. The Hall–Kier alpha value is -3.80. The topological polar surface area (TPSA) is 112 Å². The third-order valence-corrected chi connectivity index (χ3v) is 9.71. The average molecular weight is 633 g/mol. The molecular weight excluding hydrogens is 603 g/mol. The normalized spacial score (nSPS) is 17.9. The van der Waals surface area contributed by atoms with Crippen molar-refractivity contribution in [2.75, 3.05) is 50.5 Å². The van der Waals surface area contributed by atoms with Gasteiger partial charge in [0.05, 0.1) is 22.4 Å². The Morgan fingerprint density at radius 1 is 1.27 bits per heavy atom. The van der Waals surface area contributed by atoms with Crippen LogP contribution < -0.4 is 15.4 Å². The predicted octanol–water partition coefficient (Wildman–Crippen LogP) is 5.94. The summed E-state index contributed by atoms with van der Waals surface area (Å²) in [5.41, 5.74) is 2.93. The van der Waals surface area contributed by atoms with E-state index in [1.54, 1.807) is 6.92 Å². The summed E-state index contributed by atoms with van der Waals surface area (Å²) in [6.45, 7) is 2.78. The number of fused-ring (bicyclic) bond motifs is 2. The van der Waals surface area contributed by atoms with Gasteiger partial charge >= 0.3 is 12.2 Å². The molecule has 8 nitrogen and oxygen atoms in total. The lowest BCUT2D eigenvalue weighted by molar-refractivity contribution is -0.137. The van der Waals surface area contributed by atoms with Crippen LogP contribution in [-0.4, -0.2) is 65.9 Å². The van der Waals surface area contributed by atoms with Crippen molar-refractivity contribution < 1.29 is 31.8 Å². The van der Waals surface area contributed by atoms with Crippen molar-refractivity contribution in [3.05, 3.63) is 41.0 Å². The van der Waals surface area contributed by atoms with Crippen molar-refractivity contribution in [3.8, 4) is 23.2 Å². The zero-order valence-electron chi connectivity index (χ0n) is 23.9. The van der Waals surface area contributed by atoms with Gasteiger partial charge in [0.1, 0.15) is 34.8 Å². The molecule has 0 bridgehead atoms. The fourth-order valence-corrected chi connectivity index (χ4v) is 7.25. The number of aliphatic hydroxyl groups is 1. The molecule has 1 saturated carbocycles. The Balaban J connectivity index is 1.58. The van der Waals surface area contributed by atoms with E-state index in [1.165, 1.54) is 4.90 Å². The molecule has 1 aliphatic carbocycles. The molecule has 232 valence electrons. The van der Waals surface area contributed by atoms with E-state index in [1.807, 2.05) is 13.1 Å². The number of nitrogens with zero attached hydrogens (tertiary/aromatic N) is 5. The lowest BCUT2D eigenvalue weighted by Gasteiger charge is -2.25. The molecule has 1 atom stereocenters. The van der Waals surface area contributed by atoms with Crippen molar-refractivity contribution in [2.45, 2.75) is 38.4 Å². The first-order valence-electron chi connectivity index (χ1n) is 14.1. The zero-order valence-corrected chi connectivity index (χ0v) is 24.7. The summed E-state index contributed by atoms with van der Waals surface area (Å²) in [6, 6.07) is 4.35. The molecule has 3 N–H and O–H groups in total. The zero-order chi connectivity index (χ0) is 31.6. The molecule has 2 aliphatic rings. The summed E-state index contributed by atoms with van der Waals surface area (Å²) in [7, 11) is 1.99. The van der Waals surface area contributed by atoms with E-state index >= 15 is 4.39 Å². The maximum atomic E-state index is 16.7. The number of likely N-dealkylation sites (N-methyl/N-ethyl adjacent to an activating group) is 2. The molecule has 1 aliphatic heterocycles. The van der Waals surface area contributed by atoms with Gasteiger partial charge in [-0.3, -0.25) is 4.90 Å². The highest BCUT2D eigenvalue weighted by Gasteiger charge is 2.51. The Morgan fingerprint density at radius 3 is 2.64 bits per heavy atom. The number of ether oxygens (including phenoxy) is 1. The highest BCUT2D eigenvalue weighted by atomic mass is 32.1. The molecule has 4 aromatic rings. The van der Waals surface area contributed by atoms with Crippen LogP contribution in [0.4, 0.5) is 32.8 Å². The van der Waals surface area contributed by atoms with E-state index in [0.29, 0.717) is 16.8 Å². The first kappa shape index (κ1) is 30.2. The summed E-state index contributed by atoms with van der Waals surface area (Å²) < 4.78 is 81.4. The van der Waals surface area contributed by atoms with Crippen molar-refractivity contribution in [1.82, 2.24) is 14.9 Å². The second-order valence-corrected chi connectivity index (χ2v) is 12.5. The highest BCUT2D eigenvalue weighted by molar-refractivity contribution is 7.23. The van der Waals surface area contributed by atoms with E-state index < -0.39 is 34.5 Å². The summed E-state index contributed by atoms with van der Waals surface area (Å²) in [5, 5.41) is 18.8. The number of hydrogen-bond donors (Lipinski definition) is 2. The number of thiophene rings is 1. The number of aliphatic hydroxyl groups excluding tert-OH is 1. The number of nitrogens with two attached hydrogens (primary N) is 1. The van der Waals surface area contributed by atoms with Crippen molar-refractivity contribution >= 4 is 43.1 Å². The maximum Gasteiger partial charge on any atom is 0.417 e. The Kier molecular flexibility index (Phi) is 7.54. The van der Waals surface area contributed by atoms with E-state index in [9.17, 15) is 27.9 Å². The monoisotopic (exact) mass is 632 g/mol. The van der Waals surface area contributed by atoms with Gasteiger partial charge in [-0.2, -0.15) is 28.4 Å². The van der Waals surface area contributed by atoms with Gasteiger partial charge in [-0.1, -0.05) is 6.07 Å². The molecule has 6 rings (SSSR count). The summed E-state index contributed by atoms with van der Waals surface area (Å²) in [6.07, 6.45) is -1.85. The molecule has 1 saturated heterocycles. The van der Waals surface area contributed by atoms with Crippen LogP contribution in [0.3, 0.4) is 0 Å². The average Bonchev–Trinajstić information content (AvgIpc) is 3.52. The maximum absolute atomic E-state index is 16.7. The predicted molar refractivity (Wildman–Crippen MR) is 158 cm³/mol. The molecule has 2 aromatic carbocycles. The number of halogens is 5. The number of nitrogen functional groups attached to an aromatic ring is 1. The second-order valence-electron chi connectivity index (χ2n) is 11.5.